The maximum atomic E-state index is 12.4. The molecule has 0 bridgehead atoms. The fourth-order valence-corrected chi connectivity index (χ4v) is 3.54. The fourth-order valence-electron chi connectivity index (χ4n) is 3.54. The summed E-state index contributed by atoms with van der Waals surface area (Å²) in [6, 6.07) is 6.28. The van der Waals surface area contributed by atoms with E-state index in [9.17, 15) is 4.79 Å². The quantitative estimate of drug-likeness (QED) is 0.872. The van der Waals surface area contributed by atoms with Crippen LogP contribution in [-0.4, -0.2) is 16.9 Å². The van der Waals surface area contributed by atoms with E-state index in [0.29, 0.717) is 0 Å². The lowest BCUT2D eigenvalue weighted by atomic mass is 9.87. The van der Waals surface area contributed by atoms with Crippen molar-refractivity contribution >= 4 is 16.8 Å². The van der Waals surface area contributed by atoms with E-state index in [1.807, 2.05) is 6.07 Å². The molecule has 1 aliphatic carbocycles. The Bertz CT molecular complexity index is 686. The van der Waals surface area contributed by atoms with E-state index in [-0.39, 0.29) is 11.9 Å². The van der Waals surface area contributed by atoms with Gasteiger partial charge in [-0.15, -0.1) is 0 Å². The van der Waals surface area contributed by atoms with Crippen molar-refractivity contribution in [3.63, 3.8) is 0 Å². The molecule has 3 heteroatoms. The van der Waals surface area contributed by atoms with Gasteiger partial charge < -0.3 is 10.3 Å². The fraction of sp³-hybridized carbons (Fsp3) is 0.526. The van der Waals surface area contributed by atoms with Gasteiger partial charge in [0.25, 0.3) is 5.91 Å². The number of amides is 1. The van der Waals surface area contributed by atoms with Gasteiger partial charge in [-0.2, -0.15) is 0 Å². The predicted molar refractivity (Wildman–Crippen MR) is 91.3 cm³/mol. The van der Waals surface area contributed by atoms with Gasteiger partial charge in [0, 0.05) is 28.2 Å². The zero-order valence-electron chi connectivity index (χ0n) is 13.8. The highest BCUT2D eigenvalue weighted by Gasteiger charge is 2.20. The summed E-state index contributed by atoms with van der Waals surface area (Å²) in [5.41, 5.74) is 4.72. The molecule has 0 saturated carbocycles. The number of aromatic nitrogens is 1. The Hall–Kier alpha value is -1.77. The minimum Gasteiger partial charge on any atom is -0.358 e. The lowest BCUT2D eigenvalue weighted by molar-refractivity contribution is 0.0938. The highest BCUT2D eigenvalue weighted by atomic mass is 16.1. The van der Waals surface area contributed by atoms with Crippen LogP contribution in [0.3, 0.4) is 0 Å². The summed E-state index contributed by atoms with van der Waals surface area (Å²) in [6.45, 7) is 6.52. The number of aromatic amines is 1. The second kappa shape index (κ2) is 6.15. The van der Waals surface area contributed by atoms with Crippen molar-refractivity contribution in [2.45, 2.75) is 58.9 Å². The van der Waals surface area contributed by atoms with Gasteiger partial charge in [-0.05, 0) is 62.3 Å². The van der Waals surface area contributed by atoms with Gasteiger partial charge in [0.2, 0.25) is 0 Å². The average Bonchev–Trinajstić information content (AvgIpc) is 2.84. The van der Waals surface area contributed by atoms with Crippen LogP contribution in [0.4, 0.5) is 0 Å². The number of H-pyrrole nitrogens is 1. The summed E-state index contributed by atoms with van der Waals surface area (Å²) >= 11 is 0. The van der Waals surface area contributed by atoms with Crippen molar-refractivity contribution in [3.8, 4) is 0 Å². The summed E-state index contributed by atoms with van der Waals surface area (Å²) < 4.78 is 0. The van der Waals surface area contributed by atoms with Crippen LogP contribution in [0.5, 0.6) is 0 Å². The van der Waals surface area contributed by atoms with Gasteiger partial charge >= 0.3 is 0 Å². The van der Waals surface area contributed by atoms with Crippen molar-refractivity contribution in [1.29, 1.82) is 0 Å². The number of carbonyl (C=O) groups excluding carboxylic acids is 1. The highest BCUT2D eigenvalue weighted by molar-refractivity contribution is 5.99. The Kier molecular flexibility index (Phi) is 4.23. The van der Waals surface area contributed by atoms with Gasteiger partial charge in [-0.3, -0.25) is 4.79 Å². The molecular weight excluding hydrogens is 272 g/mol. The van der Waals surface area contributed by atoms with Crippen molar-refractivity contribution in [2.24, 2.45) is 5.92 Å². The van der Waals surface area contributed by atoms with Crippen LogP contribution >= 0.6 is 0 Å². The molecule has 3 rings (SSSR count). The Morgan fingerprint density at radius 1 is 1.45 bits per heavy atom. The lowest BCUT2D eigenvalue weighted by Gasteiger charge is -2.18. The first kappa shape index (κ1) is 15.1. The Morgan fingerprint density at radius 3 is 3.05 bits per heavy atom. The molecule has 1 heterocycles. The van der Waals surface area contributed by atoms with Gasteiger partial charge in [-0.1, -0.05) is 20.3 Å². The van der Waals surface area contributed by atoms with E-state index in [2.05, 4.69) is 43.2 Å². The molecule has 0 unspecified atom stereocenters. The first-order valence-corrected chi connectivity index (χ1v) is 8.52. The minimum atomic E-state index is 0.0432. The normalized spacial score (nSPS) is 19.0. The minimum absolute atomic E-state index is 0.0432. The largest absolute Gasteiger partial charge is 0.358 e. The number of benzene rings is 1. The van der Waals surface area contributed by atoms with Crippen LogP contribution in [0.2, 0.25) is 0 Å². The molecule has 1 aromatic heterocycles. The van der Waals surface area contributed by atoms with E-state index >= 15 is 0 Å². The SMILES string of the molecule is CCC[C@@H](C)NC(=O)c1ccc2[nH]c3c(c2c1)C[C@@H](C)CC3. The summed E-state index contributed by atoms with van der Waals surface area (Å²) in [7, 11) is 0. The molecule has 1 aliphatic rings. The first-order valence-electron chi connectivity index (χ1n) is 8.52. The van der Waals surface area contributed by atoms with Crippen LogP contribution in [0.25, 0.3) is 10.9 Å². The van der Waals surface area contributed by atoms with Crippen LogP contribution < -0.4 is 5.32 Å². The smallest absolute Gasteiger partial charge is 0.251 e. The molecule has 0 spiro atoms. The third-order valence-electron chi connectivity index (χ3n) is 4.80. The molecule has 2 aromatic rings. The third-order valence-corrected chi connectivity index (χ3v) is 4.80. The summed E-state index contributed by atoms with van der Waals surface area (Å²) in [4.78, 5) is 15.9. The molecular formula is C19H26N2O. The Balaban J connectivity index is 1.89. The Morgan fingerprint density at radius 2 is 2.27 bits per heavy atom. The Labute approximate surface area is 132 Å². The van der Waals surface area contributed by atoms with Crippen molar-refractivity contribution in [3.05, 3.63) is 35.0 Å². The van der Waals surface area contributed by atoms with Crippen molar-refractivity contribution < 1.29 is 4.79 Å². The second-order valence-electron chi connectivity index (χ2n) is 6.85. The van der Waals surface area contributed by atoms with Gasteiger partial charge in [-0.25, -0.2) is 0 Å². The zero-order valence-corrected chi connectivity index (χ0v) is 13.8. The lowest BCUT2D eigenvalue weighted by Crippen LogP contribution is -2.32. The number of aryl methyl sites for hydroxylation is 1. The molecule has 1 amide bonds. The van der Waals surface area contributed by atoms with E-state index in [4.69, 9.17) is 0 Å². The number of nitrogens with one attached hydrogen (secondary N) is 2. The molecule has 0 saturated heterocycles. The highest BCUT2D eigenvalue weighted by Crippen LogP contribution is 2.32. The van der Waals surface area contributed by atoms with Gasteiger partial charge in [0.1, 0.15) is 0 Å². The van der Waals surface area contributed by atoms with E-state index in [1.54, 1.807) is 0 Å². The monoisotopic (exact) mass is 298 g/mol. The maximum absolute atomic E-state index is 12.4. The summed E-state index contributed by atoms with van der Waals surface area (Å²) in [5, 5.41) is 4.33. The molecule has 0 aliphatic heterocycles. The van der Waals surface area contributed by atoms with Crippen LogP contribution in [0.15, 0.2) is 18.2 Å². The van der Waals surface area contributed by atoms with Crippen molar-refractivity contribution in [1.82, 2.24) is 10.3 Å². The topological polar surface area (TPSA) is 44.9 Å². The number of rotatable bonds is 4. The number of carbonyl (C=O) groups is 1. The molecule has 2 N–H and O–H groups in total. The van der Waals surface area contributed by atoms with Crippen LogP contribution in [-0.2, 0) is 12.8 Å². The van der Waals surface area contributed by atoms with Gasteiger partial charge in [0.15, 0.2) is 0 Å². The molecule has 2 atom stereocenters. The van der Waals surface area contributed by atoms with Crippen LogP contribution in [0.1, 0.15) is 61.6 Å². The molecule has 22 heavy (non-hydrogen) atoms. The molecule has 3 nitrogen and oxygen atoms in total. The summed E-state index contributed by atoms with van der Waals surface area (Å²) in [6.07, 6.45) is 5.60. The van der Waals surface area contributed by atoms with E-state index < -0.39 is 0 Å². The number of fused-ring (bicyclic) bond motifs is 3. The number of hydrogen-bond donors (Lipinski definition) is 2. The van der Waals surface area contributed by atoms with Gasteiger partial charge in [0.05, 0.1) is 0 Å². The van der Waals surface area contributed by atoms with Crippen molar-refractivity contribution in [2.75, 3.05) is 0 Å². The molecule has 0 radical (unpaired) electrons. The van der Waals surface area contributed by atoms with Crippen LogP contribution in [0, 0.1) is 5.92 Å². The van der Waals surface area contributed by atoms with E-state index in [0.717, 1.165) is 42.7 Å². The second-order valence-corrected chi connectivity index (χ2v) is 6.85. The first-order chi connectivity index (χ1) is 10.6. The average molecular weight is 298 g/mol. The molecule has 118 valence electrons. The zero-order chi connectivity index (χ0) is 15.7. The summed E-state index contributed by atoms with van der Waals surface area (Å²) in [5.74, 6) is 0.773. The standard InChI is InChI=1S/C19H26N2O/c1-4-5-13(3)20-19(22)14-7-9-18-16(11-14)15-10-12(2)6-8-17(15)21-18/h7,9,11-13,21H,4-6,8,10H2,1-3H3,(H,20,22)/t12-,13+/m0/s1. The molecule has 0 fully saturated rings. The maximum Gasteiger partial charge on any atom is 0.251 e. The van der Waals surface area contributed by atoms with E-state index in [1.165, 1.54) is 23.1 Å². The number of hydrogen-bond acceptors (Lipinski definition) is 1. The predicted octanol–water partition coefficient (Wildman–Crippen LogP) is 4.21. The third kappa shape index (κ3) is 2.90. The molecule has 1 aromatic carbocycles.